The highest BCUT2D eigenvalue weighted by molar-refractivity contribution is 6.14. The van der Waals surface area contributed by atoms with Crippen molar-refractivity contribution in [2.24, 2.45) is 4.99 Å². The highest BCUT2D eigenvalue weighted by Gasteiger charge is 2.13. The van der Waals surface area contributed by atoms with E-state index >= 15 is 0 Å². The molecule has 1 heterocycles. The Bertz CT molecular complexity index is 1000. The summed E-state index contributed by atoms with van der Waals surface area (Å²) in [6, 6.07) is 26.8. The topological polar surface area (TPSA) is 24.8 Å². The number of hydrogen-bond acceptors (Lipinski definition) is 3. The van der Waals surface area contributed by atoms with E-state index in [0.717, 1.165) is 35.7 Å². The van der Waals surface area contributed by atoms with Crippen LogP contribution in [0.25, 0.3) is 6.08 Å². The van der Waals surface area contributed by atoms with Gasteiger partial charge in [-0.05, 0) is 29.8 Å². The Hall–Kier alpha value is -2.75. The summed E-state index contributed by atoms with van der Waals surface area (Å²) in [7, 11) is 2.12. The first kappa shape index (κ1) is 23.5. The zero-order chi connectivity index (χ0) is 19.2. The number of anilines is 1. The lowest BCUT2D eigenvalue weighted by Crippen LogP contribution is -2.20. The van der Waals surface area contributed by atoms with Crippen molar-refractivity contribution in [3.8, 4) is 5.75 Å². The Morgan fingerprint density at radius 3 is 2.40 bits per heavy atom. The Kier molecular flexibility index (Phi) is 8.97. The van der Waals surface area contributed by atoms with Crippen LogP contribution < -0.4 is 9.64 Å². The largest absolute Gasteiger partial charge is 0.488 e. The first-order valence-electron chi connectivity index (χ1n) is 9.60. The second-order valence-corrected chi connectivity index (χ2v) is 6.85. The average molecular weight is 441 g/mol. The molecule has 0 unspecified atom stereocenters. The lowest BCUT2D eigenvalue weighted by molar-refractivity contribution is 0.305. The molecule has 0 saturated carbocycles. The zero-order valence-electron chi connectivity index (χ0n) is 16.9. The summed E-state index contributed by atoms with van der Waals surface area (Å²) in [4.78, 5) is 7.06. The fourth-order valence-electron chi connectivity index (χ4n) is 3.35. The smallest absolute Gasteiger partial charge is 0.127 e. The van der Waals surface area contributed by atoms with Crippen molar-refractivity contribution in [3.63, 3.8) is 0 Å². The van der Waals surface area contributed by atoms with Crippen LogP contribution in [0.2, 0.25) is 0 Å². The number of benzene rings is 3. The monoisotopic (exact) mass is 440 g/mol. The van der Waals surface area contributed by atoms with Gasteiger partial charge in [-0.3, -0.25) is 4.99 Å². The van der Waals surface area contributed by atoms with Gasteiger partial charge in [-0.15, -0.1) is 24.8 Å². The highest BCUT2D eigenvalue weighted by Crippen LogP contribution is 2.25. The maximum absolute atomic E-state index is 6.07. The molecule has 0 N–H and O–H groups in total. The van der Waals surface area contributed by atoms with E-state index in [1.165, 1.54) is 11.3 Å². The van der Waals surface area contributed by atoms with Crippen LogP contribution in [-0.2, 0) is 6.61 Å². The molecular formula is C25H26Cl2N2O. The molecular weight excluding hydrogens is 415 g/mol. The van der Waals surface area contributed by atoms with Crippen LogP contribution in [0.4, 0.5) is 5.69 Å². The van der Waals surface area contributed by atoms with E-state index < -0.39 is 0 Å². The molecule has 4 rings (SSSR count). The Morgan fingerprint density at radius 2 is 1.57 bits per heavy atom. The van der Waals surface area contributed by atoms with Gasteiger partial charge in [0.05, 0.1) is 12.3 Å². The minimum atomic E-state index is 0. The molecule has 3 nitrogen and oxygen atoms in total. The molecule has 3 aromatic carbocycles. The van der Waals surface area contributed by atoms with Gasteiger partial charge in [-0.1, -0.05) is 66.7 Å². The van der Waals surface area contributed by atoms with E-state index in [9.17, 15) is 0 Å². The van der Waals surface area contributed by atoms with E-state index in [1.54, 1.807) is 0 Å². The second kappa shape index (κ2) is 11.4. The predicted octanol–water partition coefficient (Wildman–Crippen LogP) is 6.06. The van der Waals surface area contributed by atoms with Crippen molar-refractivity contribution < 1.29 is 4.74 Å². The SMILES string of the molecule is CN1CCN=C(C=Cc2ccccc2OCc2ccccc2)c2ccccc21.Cl.Cl. The molecule has 0 bridgehead atoms. The molecule has 5 heteroatoms. The normalized spacial score (nSPS) is 12.8. The van der Waals surface area contributed by atoms with Crippen LogP contribution in [0.1, 0.15) is 16.7 Å². The van der Waals surface area contributed by atoms with Gasteiger partial charge >= 0.3 is 0 Å². The van der Waals surface area contributed by atoms with Crippen molar-refractivity contribution in [2.45, 2.75) is 6.61 Å². The number of allylic oxidation sites excluding steroid dienone is 1. The number of para-hydroxylation sites is 2. The number of nitrogens with zero attached hydrogens (tertiary/aromatic N) is 2. The molecule has 0 aromatic heterocycles. The fourth-order valence-corrected chi connectivity index (χ4v) is 3.35. The number of ether oxygens (including phenoxy) is 1. The quantitative estimate of drug-likeness (QED) is 0.481. The molecule has 0 fully saturated rings. The summed E-state index contributed by atoms with van der Waals surface area (Å²) in [5.41, 5.74) is 5.61. The number of likely N-dealkylation sites (N-methyl/N-ethyl adjacent to an activating group) is 1. The van der Waals surface area contributed by atoms with Crippen molar-refractivity contribution in [2.75, 3.05) is 25.0 Å². The van der Waals surface area contributed by atoms with Crippen molar-refractivity contribution in [3.05, 3.63) is 102 Å². The molecule has 0 aliphatic carbocycles. The van der Waals surface area contributed by atoms with Gasteiger partial charge in [0.25, 0.3) is 0 Å². The first-order chi connectivity index (χ1) is 13.8. The van der Waals surface area contributed by atoms with Crippen molar-refractivity contribution >= 4 is 42.3 Å². The number of benzodiazepines with no additional fused rings is 1. The van der Waals surface area contributed by atoms with Gasteiger partial charge in [0.2, 0.25) is 0 Å². The summed E-state index contributed by atoms with van der Waals surface area (Å²) in [6.07, 6.45) is 4.20. The number of fused-ring (bicyclic) bond motifs is 1. The van der Waals surface area contributed by atoms with Gasteiger partial charge in [0, 0.05) is 30.4 Å². The fraction of sp³-hybridized carbons (Fsp3) is 0.160. The summed E-state index contributed by atoms with van der Waals surface area (Å²) in [6.45, 7) is 2.27. The van der Waals surface area contributed by atoms with Crippen molar-refractivity contribution in [1.82, 2.24) is 0 Å². The minimum Gasteiger partial charge on any atom is -0.488 e. The standard InChI is InChI=1S/C25H24N2O.2ClH/c1-27-18-17-26-23(22-12-6-7-13-24(22)27)16-15-21-11-5-8-14-25(21)28-19-20-9-3-2-4-10-20;;/h2-16H,17-19H2,1H3;2*1H. The minimum absolute atomic E-state index is 0. The van der Waals surface area contributed by atoms with Crippen LogP contribution in [0.15, 0.2) is 89.9 Å². The summed E-state index contributed by atoms with van der Waals surface area (Å²) >= 11 is 0. The number of aliphatic imine (C=N–C) groups is 1. The molecule has 0 saturated heterocycles. The van der Waals surface area contributed by atoms with Crippen LogP contribution in [0.5, 0.6) is 5.75 Å². The van der Waals surface area contributed by atoms with Gasteiger partial charge in [0.1, 0.15) is 12.4 Å². The van der Waals surface area contributed by atoms with Crippen molar-refractivity contribution in [1.29, 1.82) is 0 Å². The average Bonchev–Trinajstić information content (AvgIpc) is 2.91. The molecule has 3 aromatic rings. The number of hydrogen-bond donors (Lipinski definition) is 0. The molecule has 0 amide bonds. The van der Waals surface area contributed by atoms with Gasteiger partial charge in [-0.2, -0.15) is 0 Å². The van der Waals surface area contributed by atoms with Crippen LogP contribution >= 0.6 is 24.8 Å². The van der Waals surface area contributed by atoms with E-state index in [2.05, 4.69) is 66.6 Å². The first-order valence-corrected chi connectivity index (χ1v) is 9.60. The van der Waals surface area contributed by atoms with Gasteiger partial charge in [-0.25, -0.2) is 0 Å². The Morgan fingerprint density at radius 1 is 0.867 bits per heavy atom. The lowest BCUT2D eigenvalue weighted by atomic mass is 10.1. The summed E-state index contributed by atoms with van der Waals surface area (Å²) < 4.78 is 6.07. The Balaban J connectivity index is 0.00000160. The molecule has 1 aliphatic rings. The third kappa shape index (κ3) is 5.65. The van der Waals surface area contributed by atoms with Crippen LogP contribution in [0, 0.1) is 0 Å². The Labute approximate surface area is 190 Å². The van der Waals surface area contributed by atoms with E-state index in [0.29, 0.717) is 6.61 Å². The van der Waals surface area contributed by atoms with Crippen LogP contribution in [-0.4, -0.2) is 25.8 Å². The second-order valence-electron chi connectivity index (χ2n) is 6.85. The van der Waals surface area contributed by atoms with E-state index in [4.69, 9.17) is 9.73 Å². The summed E-state index contributed by atoms with van der Waals surface area (Å²) in [5, 5.41) is 0. The molecule has 1 aliphatic heterocycles. The third-order valence-electron chi connectivity index (χ3n) is 4.89. The highest BCUT2D eigenvalue weighted by atomic mass is 35.5. The van der Waals surface area contributed by atoms with Gasteiger partial charge in [0.15, 0.2) is 0 Å². The molecule has 0 spiro atoms. The number of halogens is 2. The molecule has 30 heavy (non-hydrogen) atoms. The molecule has 0 atom stereocenters. The van der Waals surface area contributed by atoms with Gasteiger partial charge < -0.3 is 9.64 Å². The zero-order valence-corrected chi connectivity index (χ0v) is 18.5. The maximum Gasteiger partial charge on any atom is 0.127 e. The lowest BCUT2D eigenvalue weighted by Gasteiger charge is -2.18. The van der Waals surface area contributed by atoms with E-state index in [1.807, 2.05) is 36.4 Å². The van der Waals surface area contributed by atoms with E-state index in [-0.39, 0.29) is 24.8 Å². The predicted molar refractivity (Wildman–Crippen MR) is 132 cm³/mol. The molecule has 156 valence electrons. The third-order valence-corrected chi connectivity index (χ3v) is 4.89. The molecule has 0 radical (unpaired) electrons. The number of rotatable bonds is 5. The maximum atomic E-state index is 6.07. The summed E-state index contributed by atoms with van der Waals surface area (Å²) in [5.74, 6) is 0.877. The van der Waals surface area contributed by atoms with Crippen LogP contribution in [0.3, 0.4) is 0 Å².